The van der Waals surface area contributed by atoms with Gasteiger partial charge in [0, 0.05) is 31.0 Å². The second kappa shape index (κ2) is 15.5. The third-order valence-electron chi connectivity index (χ3n) is 9.84. The number of aliphatic imine (C=N–C) groups is 1. The predicted molar refractivity (Wildman–Crippen MR) is 193 cm³/mol. The highest BCUT2D eigenvalue weighted by Gasteiger charge is 2.32. The molecule has 2 aromatic heterocycles. The first-order chi connectivity index (χ1) is 25.3. The van der Waals surface area contributed by atoms with Gasteiger partial charge in [0.15, 0.2) is 18.0 Å². The van der Waals surface area contributed by atoms with Crippen LogP contribution in [0.15, 0.2) is 99.5 Å². The number of hydrogen-bond donors (Lipinski definition) is 4. The fourth-order valence-corrected chi connectivity index (χ4v) is 7.14. The van der Waals surface area contributed by atoms with Crippen molar-refractivity contribution >= 4 is 22.8 Å². The van der Waals surface area contributed by atoms with Gasteiger partial charge in [-0.2, -0.15) is 10.1 Å². The number of aliphatic hydroxyl groups excluding tert-OH is 1. The zero-order chi connectivity index (χ0) is 36.2. The van der Waals surface area contributed by atoms with Crippen LogP contribution in [0.4, 0.5) is 8.87 Å². The van der Waals surface area contributed by atoms with Crippen LogP contribution in [0.3, 0.4) is 0 Å². The van der Waals surface area contributed by atoms with Crippen molar-refractivity contribution in [3.63, 3.8) is 0 Å². The molecule has 0 radical (unpaired) electrons. The van der Waals surface area contributed by atoms with Gasteiger partial charge in [0.25, 0.3) is 11.5 Å². The number of rotatable bonds is 12. The minimum Gasteiger partial charge on any atom is -0.396 e. The number of carbonyl (C=O) groups is 1. The van der Waals surface area contributed by atoms with E-state index in [1.165, 1.54) is 27.0 Å². The minimum absolute atomic E-state index is 0.00257. The number of nitrogens with one attached hydrogen (secondary N) is 3. The Morgan fingerprint density at radius 3 is 2.58 bits per heavy atom. The Hall–Kier alpha value is -5.31. The lowest BCUT2D eigenvalue weighted by Crippen LogP contribution is -3.11. The summed E-state index contributed by atoms with van der Waals surface area (Å²) >= 11 is 0. The first-order valence-electron chi connectivity index (χ1n) is 17.7. The van der Waals surface area contributed by atoms with Gasteiger partial charge in [0.05, 0.1) is 17.3 Å². The van der Waals surface area contributed by atoms with E-state index >= 15 is 0 Å². The molecule has 0 saturated heterocycles. The number of quaternary nitrogens is 1. The smallest absolute Gasteiger partial charge is 0.337 e. The number of aromatic nitrogens is 3. The summed E-state index contributed by atoms with van der Waals surface area (Å²) < 4.78 is 30.7. The van der Waals surface area contributed by atoms with Crippen LogP contribution in [0, 0.1) is 5.82 Å². The number of carbonyl (C=O) groups excluding carboxylic acids is 1. The molecular formula is C38H41F2N8O4+. The van der Waals surface area contributed by atoms with E-state index in [9.17, 15) is 23.3 Å². The molecule has 1 saturated carbocycles. The molecule has 7 rings (SSSR count). The minimum atomic E-state index is -0.680. The number of benzene rings is 2. The Morgan fingerprint density at radius 2 is 1.79 bits per heavy atom. The average molecular weight is 712 g/mol. The molecule has 270 valence electrons. The van der Waals surface area contributed by atoms with Crippen LogP contribution in [0.5, 0.6) is 0 Å². The summed E-state index contributed by atoms with van der Waals surface area (Å²) in [5.41, 5.74) is 2.63. The van der Waals surface area contributed by atoms with E-state index in [1.54, 1.807) is 12.3 Å². The molecule has 1 atom stereocenters. The van der Waals surface area contributed by atoms with Gasteiger partial charge in [-0.05, 0) is 92.9 Å². The molecule has 14 heteroatoms. The van der Waals surface area contributed by atoms with E-state index in [2.05, 4.69) is 32.7 Å². The highest BCUT2D eigenvalue weighted by atomic mass is 19.2. The van der Waals surface area contributed by atoms with Gasteiger partial charge in [0.2, 0.25) is 5.84 Å². The van der Waals surface area contributed by atoms with Crippen LogP contribution in [-0.4, -0.2) is 68.5 Å². The third-order valence-corrected chi connectivity index (χ3v) is 9.84. The Bertz CT molecular complexity index is 2170. The monoisotopic (exact) mass is 711 g/mol. The Kier molecular flexibility index (Phi) is 10.5. The van der Waals surface area contributed by atoms with Crippen molar-refractivity contribution in [2.75, 3.05) is 26.4 Å². The zero-order valence-electron chi connectivity index (χ0n) is 28.6. The second-order valence-electron chi connectivity index (χ2n) is 13.4. The molecule has 4 N–H and O–H groups in total. The summed E-state index contributed by atoms with van der Waals surface area (Å²) in [6.45, 7) is 1.88. The molecule has 1 aliphatic carbocycles. The fourth-order valence-electron chi connectivity index (χ4n) is 7.14. The normalized spacial score (nSPS) is 19.8. The molecule has 4 heterocycles. The standard InChI is InChI=1S/C38H40F2N8O4/c39-28-21-32-35(42-22-28)47(31-6-1-5-27(20-31)26-9-7-25(8-10-26)4-2-16-41-17-3-19-49)38(52)48(37(32)51)30-13-11-29(12-14-30)43-36(50)33-23-45-24-46(40)18-15-34(45)44-33/h1,5-10,15,18,20-23,29-30,41,49H,2-4,11-14,16-17,19,24H2,(H,43,50)/p+1. The Balaban J connectivity index is 1.10. The molecule has 4 aromatic rings. The van der Waals surface area contributed by atoms with Gasteiger partial charge in [-0.3, -0.25) is 14.2 Å². The van der Waals surface area contributed by atoms with E-state index in [4.69, 9.17) is 5.11 Å². The number of hydrogen-bond acceptors (Lipinski definition) is 8. The highest BCUT2D eigenvalue weighted by molar-refractivity contribution is 5.99. The van der Waals surface area contributed by atoms with Crippen molar-refractivity contribution in [3.8, 4) is 16.8 Å². The Labute approximate surface area is 298 Å². The molecule has 1 fully saturated rings. The lowest BCUT2D eigenvalue weighted by atomic mass is 9.90. The molecule has 0 spiro atoms. The number of aryl methyl sites for hydroxylation is 1. The first-order valence-corrected chi connectivity index (χ1v) is 17.7. The van der Waals surface area contributed by atoms with Crippen LogP contribution in [-0.2, 0) is 11.2 Å². The summed E-state index contributed by atoms with van der Waals surface area (Å²) in [6.07, 6.45) is 9.89. The molecule has 12 nitrogen and oxygen atoms in total. The zero-order valence-corrected chi connectivity index (χ0v) is 28.6. The lowest BCUT2D eigenvalue weighted by Gasteiger charge is -2.30. The van der Waals surface area contributed by atoms with Crippen LogP contribution >= 0.6 is 0 Å². The van der Waals surface area contributed by atoms with E-state index in [1.807, 2.05) is 30.3 Å². The average Bonchev–Trinajstić information content (AvgIpc) is 3.58. The molecule has 2 aromatic carbocycles. The molecular weight excluding hydrogens is 670 g/mol. The molecule has 52 heavy (non-hydrogen) atoms. The molecule has 0 bridgehead atoms. The maximum atomic E-state index is 14.5. The van der Waals surface area contributed by atoms with Crippen molar-refractivity contribution < 1.29 is 23.7 Å². The van der Waals surface area contributed by atoms with E-state index in [0.29, 0.717) is 47.2 Å². The van der Waals surface area contributed by atoms with Gasteiger partial charge < -0.3 is 15.7 Å². The van der Waals surface area contributed by atoms with Gasteiger partial charge in [-0.1, -0.05) is 40.9 Å². The molecule has 2 aliphatic heterocycles. The number of halogens is 2. The Morgan fingerprint density at radius 1 is 1.00 bits per heavy atom. The SMILES string of the molecule is O=C(NC1CCC(n2c(=O)c3cc(F)cnc3n(-c3cccc(-c4ccc(CCCNCCCO)cc4)c3)c2=O)CC1)C1=C[NH+]2CN(F)C=CC2=N1. The van der Waals surface area contributed by atoms with Crippen molar-refractivity contribution in [2.24, 2.45) is 4.99 Å². The van der Waals surface area contributed by atoms with Crippen molar-refractivity contribution in [1.82, 2.24) is 29.9 Å². The van der Waals surface area contributed by atoms with Gasteiger partial charge in [-0.15, -0.1) is 0 Å². The molecule has 1 amide bonds. The number of aliphatic hydroxyl groups is 1. The first kappa shape index (κ1) is 35.1. The number of amides is 1. The third kappa shape index (κ3) is 7.49. The lowest BCUT2D eigenvalue weighted by molar-refractivity contribution is -0.763. The maximum absolute atomic E-state index is 14.5. The number of nitrogens with zero attached hydrogens (tertiary/aromatic N) is 5. The summed E-state index contributed by atoms with van der Waals surface area (Å²) in [6, 6.07) is 16.1. The van der Waals surface area contributed by atoms with Crippen molar-refractivity contribution in [2.45, 2.75) is 57.0 Å². The van der Waals surface area contributed by atoms with Crippen LogP contribution in [0.25, 0.3) is 27.8 Å². The quantitative estimate of drug-likeness (QED) is 0.131. The number of fused-ring (bicyclic) bond motifs is 2. The van der Waals surface area contributed by atoms with E-state index in [-0.39, 0.29) is 42.0 Å². The predicted octanol–water partition coefficient (Wildman–Crippen LogP) is 2.67. The fraction of sp³-hybridized carbons (Fsp3) is 0.342. The highest BCUT2D eigenvalue weighted by Crippen LogP contribution is 2.29. The molecule has 3 aliphatic rings. The number of pyridine rings is 1. The largest absolute Gasteiger partial charge is 0.396 e. The van der Waals surface area contributed by atoms with Crippen LogP contribution < -0.4 is 26.8 Å². The summed E-state index contributed by atoms with van der Waals surface area (Å²) in [4.78, 5) is 50.3. The van der Waals surface area contributed by atoms with Crippen LogP contribution in [0.1, 0.15) is 50.1 Å². The summed E-state index contributed by atoms with van der Waals surface area (Å²) in [7, 11) is 0. The van der Waals surface area contributed by atoms with E-state index < -0.39 is 23.1 Å². The van der Waals surface area contributed by atoms with Crippen molar-refractivity contribution in [3.05, 3.63) is 117 Å². The molecule has 1 unspecified atom stereocenters. The van der Waals surface area contributed by atoms with Crippen LogP contribution in [0.2, 0.25) is 0 Å². The maximum Gasteiger partial charge on any atom is 0.337 e. The van der Waals surface area contributed by atoms with Gasteiger partial charge >= 0.3 is 5.69 Å². The second-order valence-corrected chi connectivity index (χ2v) is 13.4. The topological polar surface area (TPSA) is 138 Å². The van der Waals surface area contributed by atoms with E-state index in [0.717, 1.165) is 55.7 Å². The summed E-state index contributed by atoms with van der Waals surface area (Å²) in [5.74, 6) is -0.476. The van der Waals surface area contributed by atoms with Gasteiger partial charge in [0.1, 0.15) is 12.0 Å². The number of amidine groups is 1. The van der Waals surface area contributed by atoms with Crippen molar-refractivity contribution in [1.29, 1.82) is 0 Å². The van der Waals surface area contributed by atoms with Gasteiger partial charge in [-0.25, -0.2) is 23.6 Å². The summed E-state index contributed by atoms with van der Waals surface area (Å²) in [5, 5.41) is 15.8.